The molecule has 0 aliphatic carbocycles. The monoisotopic (exact) mass is 285 g/mol. The van der Waals surface area contributed by atoms with Crippen molar-refractivity contribution in [2.75, 3.05) is 6.54 Å². The average molecular weight is 285 g/mol. The molecule has 2 rings (SSSR count). The molecule has 1 N–H and O–H groups in total. The summed E-state index contributed by atoms with van der Waals surface area (Å²) in [5.41, 5.74) is 3.95. The standard InChI is InChI=1S/C18H27N3/c1-5-19-18(13-21-15(4)10-11-20-21)17-8-6-16(7-9-17)12-14(2)3/h6-11,14,18-19H,5,12-13H2,1-4H3. The van der Waals surface area contributed by atoms with Crippen LogP contribution in [-0.2, 0) is 13.0 Å². The Morgan fingerprint density at radius 1 is 1.14 bits per heavy atom. The molecule has 2 aromatic rings. The number of hydrogen-bond acceptors (Lipinski definition) is 2. The van der Waals surface area contributed by atoms with Crippen LogP contribution >= 0.6 is 0 Å². The second kappa shape index (κ2) is 7.41. The molecule has 0 saturated heterocycles. The molecular weight excluding hydrogens is 258 g/mol. The first-order valence-electron chi connectivity index (χ1n) is 7.90. The van der Waals surface area contributed by atoms with Crippen LogP contribution in [0.1, 0.15) is 43.6 Å². The van der Waals surface area contributed by atoms with Crippen LogP contribution in [0.15, 0.2) is 36.5 Å². The average Bonchev–Trinajstić information content (AvgIpc) is 2.84. The fourth-order valence-corrected chi connectivity index (χ4v) is 2.65. The molecule has 0 aliphatic heterocycles. The van der Waals surface area contributed by atoms with E-state index in [-0.39, 0.29) is 0 Å². The molecule has 0 bridgehead atoms. The molecule has 1 unspecified atom stereocenters. The Labute approximate surface area is 128 Å². The van der Waals surface area contributed by atoms with Gasteiger partial charge in [-0.3, -0.25) is 4.68 Å². The van der Waals surface area contributed by atoms with Crippen molar-refractivity contribution in [3.8, 4) is 0 Å². The molecule has 0 spiro atoms. The van der Waals surface area contributed by atoms with Gasteiger partial charge in [-0.15, -0.1) is 0 Å². The van der Waals surface area contributed by atoms with Crippen LogP contribution < -0.4 is 5.32 Å². The Hall–Kier alpha value is -1.61. The first-order valence-corrected chi connectivity index (χ1v) is 7.90. The number of benzene rings is 1. The van der Waals surface area contributed by atoms with Gasteiger partial charge in [-0.05, 0) is 43.0 Å². The van der Waals surface area contributed by atoms with Crippen molar-refractivity contribution in [2.24, 2.45) is 5.92 Å². The molecule has 0 radical (unpaired) electrons. The quantitative estimate of drug-likeness (QED) is 0.840. The van der Waals surface area contributed by atoms with E-state index in [1.807, 2.05) is 6.20 Å². The predicted octanol–water partition coefficient (Wildman–Crippen LogP) is 3.74. The van der Waals surface area contributed by atoms with Gasteiger partial charge in [0, 0.05) is 11.9 Å². The number of nitrogens with zero attached hydrogens (tertiary/aromatic N) is 2. The van der Waals surface area contributed by atoms with Crippen LogP contribution in [0.25, 0.3) is 0 Å². The summed E-state index contributed by atoms with van der Waals surface area (Å²) in [5, 5.41) is 7.96. The number of nitrogens with one attached hydrogen (secondary N) is 1. The largest absolute Gasteiger partial charge is 0.309 e. The molecule has 1 aromatic heterocycles. The van der Waals surface area contributed by atoms with Gasteiger partial charge in [-0.2, -0.15) is 5.10 Å². The van der Waals surface area contributed by atoms with Crippen molar-refractivity contribution in [2.45, 2.75) is 46.7 Å². The smallest absolute Gasteiger partial charge is 0.0607 e. The van der Waals surface area contributed by atoms with Crippen molar-refractivity contribution in [1.82, 2.24) is 15.1 Å². The lowest BCUT2D eigenvalue weighted by Crippen LogP contribution is -2.26. The summed E-state index contributed by atoms with van der Waals surface area (Å²) in [4.78, 5) is 0. The lowest BCUT2D eigenvalue weighted by Gasteiger charge is -2.20. The summed E-state index contributed by atoms with van der Waals surface area (Å²) in [6, 6.07) is 11.4. The normalized spacial score (nSPS) is 12.8. The fraction of sp³-hybridized carbons (Fsp3) is 0.500. The van der Waals surface area contributed by atoms with Crippen LogP contribution in [0.4, 0.5) is 0 Å². The van der Waals surface area contributed by atoms with Crippen LogP contribution in [0.2, 0.25) is 0 Å². The van der Waals surface area contributed by atoms with E-state index >= 15 is 0 Å². The van der Waals surface area contributed by atoms with Crippen molar-refractivity contribution in [3.63, 3.8) is 0 Å². The summed E-state index contributed by atoms with van der Waals surface area (Å²) >= 11 is 0. The summed E-state index contributed by atoms with van der Waals surface area (Å²) < 4.78 is 2.06. The lowest BCUT2D eigenvalue weighted by molar-refractivity contribution is 0.442. The number of rotatable bonds is 7. The van der Waals surface area contributed by atoms with Crippen LogP contribution in [0.5, 0.6) is 0 Å². The van der Waals surface area contributed by atoms with E-state index in [1.165, 1.54) is 16.8 Å². The van der Waals surface area contributed by atoms with Gasteiger partial charge in [0.15, 0.2) is 0 Å². The Bertz CT molecular complexity index is 540. The molecular formula is C18H27N3. The van der Waals surface area contributed by atoms with Crippen molar-refractivity contribution < 1.29 is 0 Å². The maximum atomic E-state index is 4.40. The molecule has 21 heavy (non-hydrogen) atoms. The van der Waals surface area contributed by atoms with Crippen LogP contribution in [0.3, 0.4) is 0 Å². The maximum absolute atomic E-state index is 4.40. The highest BCUT2D eigenvalue weighted by Gasteiger charge is 2.12. The molecule has 0 saturated carbocycles. The molecule has 1 atom stereocenters. The highest BCUT2D eigenvalue weighted by atomic mass is 15.3. The van der Waals surface area contributed by atoms with Gasteiger partial charge in [0.1, 0.15) is 0 Å². The van der Waals surface area contributed by atoms with E-state index in [4.69, 9.17) is 0 Å². The summed E-state index contributed by atoms with van der Waals surface area (Å²) in [6.45, 7) is 10.6. The van der Waals surface area contributed by atoms with Crippen LogP contribution in [0, 0.1) is 12.8 Å². The van der Waals surface area contributed by atoms with Gasteiger partial charge in [0.2, 0.25) is 0 Å². The Morgan fingerprint density at radius 3 is 2.38 bits per heavy atom. The van der Waals surface area contributed by atoms with Gasteiger partial charge < -0.3 is 5.32 Å². The third-order valence-electron chi connectivity index (χ3n) is 3.76. The molecule has 0 amide bonds. The number of aromatic nitrogens is 2. The van der Waals surface area contributed by atoms with Crippen molar-refractivity contribution in [3.05, 3.63) is 53.3 Å². The van der Waals surface area contributed by atoms with Gasteiger partial charge in [-0.1, -0.05) is 45.0 Å². The molecule has 3 heteroatoms. The highest BCUT2D eigenvalue weighted by molar-refractivity contribution is 5.25. The molecule has 1 heterocycles. The Morgan fingerprint density at radius 2 is 1.86 bits per heavy atom. The number of hydrogen-bond donors (Lipinski definition) is 1. The van der Waals surface area contributed by atoms with Gasteiger partial charge in [0.25, 0.3) is 0 Å². The second-order valence-corrected chi connectivity index (χ2v) is 6.10. The van der Waals surface area contributed by atoms with E-state index in [2.05, 4.69) is 73.1 Å². The first-order chi connectivity index (χ1) is 10.1. The summed E-state index contributed by atoms with van der Waals surface area (Å²) in [5.74, 6) is 0.701. The SMILES string of the molecule is CCNC(Cn1nccc1C)c1ccc(CC(C)C)cc1. The minimum Gasteiger partial charge on any atom is -0.309 e. The third-order valence-corrected chi connectivity index (χ3v) is 3.76. The van der Waals surface area contributed by atoms with Gasteiger partial charge in [0.05, 0.1) is 12.6 Å². The van der Waals surface area contributed by atoms with E-state index < -0.39 is 0 Å². The highest BCUT2D eigenvalue weighted by Crippen LogP contribution is 2.18. The van der Waals surface area contributed by atoms with E-state index in [0.717, 1.165) is 19.5 Å². The maximum Gasteiger partial charge on any atom is 0.0607 e. The van der Waals surface area contributed by atoms with Crippen LogP contribution in [-0.4, -0.2) is 16.3 Å². The van der Waals surface area contributed by atoms with Crippen molar-refractivity contribution in [1.29, 1.82) is 0 Å². The van der Waals surface area contributed by atoms with E-state index in [9.17, 15) is 0 Å². The Balaban J connectivity index is 2.12. The molecule has 1 aromatic carbocycles. The van der Waals surface area contributed by atoms with Gasteiger partial charge in [-0.25, -0.2) is 0 Å². The molecule has 0 aliphatic rings. The Kier molecular flexibility index (Phi) is 5.57. The molecule has 114 valence electrons. The fourth-order valence-electron chi connectivity index (χ4n) is 2.65. The minimum atomic E-state index is 0.307. The summed E-state index contributed by atoms with van der Waals surface area (Å²) in [6.07, 6.45) is 3.01. The predicted molar refractivity (Wildman–Crippen MR) is 88.4 cm³/mol. The van der Waals surface area contributed by atoms with E-state index in [0.29, 0.717) is 12.0 Å². The topological polar surface area (TPSA) is 29.9 Å². The molecule has 0 fully saturated rings. The minimum absolute atomic E-state index is 0.307. The van der Waals surface area contributed by atoms with Gasteiger partial charge >= 0.3 is 0 Å². The lowest BCUT2D eigenvalue weighted by atomic mass is 9.99. The van der Waals surface area contributed by atoms with E-state index in [1.54, 1.807) is 0 Å². The number of aryl methyl sites for hydroxylation is 1. The zero-order valence-corrected chi connectivity index (χ0v) is 13.6. The number of likely N-dealkylation sites (N-methyl/N-ethyl adjacent to an activating group) is 1. The second-order valence-electron chi connectivity index (χ2n) is 6.10. The third kappa shape index (κ3) is 4.43. The zero-order valence-electron chi connectivity index (χ0n) is 13.6. The zero-order chi connectivity index (χ0) is 15.2. The first kappa shape index (κ1) is 15.8. The van der Waals surface area contributed by atoms with Crippen molar-refractivity contribution >= 4 is 0 Å². The molecule has 3 nitrogen and oxygen atoms in total. The summed E-state index contributed by atoms with van der Waals surface area (Å²) in [7, 11) is 0.